The molecule has 2 aliphatic heterocycles. The second kappa shape index (κ2) is 8.15. The number of rotatable bonds is 4. The molecule has 6 rings (SSSR count). The van der Waals surface area contributed by atoms with Crippen molar-refractivity contribution in [2.24, 2.45) is 0 Å². The minimum absolute atomic E-state index is 0.0759. The van der Waals surface area contributed by atoms with Crippen molar-refractivity contribution < 1.29 is 14.3 Å². The lowest BCUT2D eigenvalue weighted by atomic mass is 9.98. The van der Waals surface area contributed by atoms with Crippen LogP contribution >= 0.6 is 0 Å². The van der Waals surface area contributed by atoms with E-state index in [1.165, 1.54) is 0 Å². The van der Waals surface area contributed by atoms with Crippen LogP contribution in [0.25, 0.3) is 17.0 Å². The van der Waals surface area contributed by atoms with Gasteiger partial charge in [-0.25, -0.2) is 0 Å². The van der Waals surface area contributed by atoms with Gasteiger partial charge in [0.2, 0.25) is 5.78 Å². The van der Waals surface area contributed by atoms with Crippen molar-refractivity contribution in [2.45, 2.75) is 33.5 Å². The van der Waals surface area contributed by atoms with E-state index in [2.05, 4.69) is 45.8 Å². The summed E-state index contributed by atoms with van der Waals surface area (Å²) < 4.78 is 14.5. The molecule has 4 heterocycles. The minimum atomic E-state index is -0.0759. The van der Waals surface area contributed by atoms with Crippen LogP contribution in [0.4, 0.5) is 0 Å². The van der Waals surface area contributed by atoms with Crippen LogP contribution in [0, 0.1) is 6.92 Å². The average Bonchev–Trinajstić information content (AvgIpc) is 3.38. The lowest BCUT2D eigenvalue weighted by molar-refractivity contribution is 0.0871. The fourth-order valence-electron chi connectivity index (χ4n) is 4.92. The number of ketones is 1. The smallest absolute Gasteiger partial charge is 0.232 e. The summed E-state index contributed by atoms with van der Waals surface area (Å²) in [7, 11) is 0. The maximum Gasteiger partial charge on any atom is 0.232 e. The molecule has 34 heavy (non-hydrogen) atoms. The van der Waals surface area contributed by atoms with Gasteiger partial charge in [0, 0.05) is 54.7 Å². The van der Waals surface area contributed by atoms with Gasteiger partial charge in [0.15, 0.2) is 5.76 Å². The van der Waals surface area contributed by atoms with Crippen molar-refractivity contribution in [3.63, 3.8) is 0 Å². The zero-order chi connectivity index (χ0) is 23.2. The molecule has 0 fully saturated rings. The Morgan fingerprint density at radius 2 is 2.06 bits per heavy atom. The summed E-state index contributed by atoms with van der Waals surface area (Å²) in [6.45, 7) is 6.75. The number of ether oxygens (including phenoxy) is 2. The number of hydrogen-bond donors (Lipinski definition) is 0. The van der Waals surface area contributed by atoms with E-state index >= 15 is 0 Å². The Hall–Kier alpha value is -3.90. The summed E-state index contributed by atoms with van der Waals surface area (Å²) in [6.07, 6.45) is 7.59. The lowest BCUT2D eigenvalue weighted by Gasteiger charge is -2.30. The quantitative estimate of drug-likeness (QED) is 0.393. The van der Waals surface area contributed by atoms with Gasteiger partial charge in [-0.2, -0.15) is 0 Å². The number of pyridine rings is 1. The van der Waals surface area contributed by atoms with Crippen LogP contribution in [0.1, 0.15) is 39.5 Å². The number of hydrogen-bond acceptors (Lipinski definition) is 5. The van der Waals surface area contributed by atoms with Crippen molar-refractivity contribution >= 4 is 22.8 Å². The number of allylic oxidation sites excluding steroid dienone is 1. The molecule has 2 aromatic carbocycles. The van der Waals surface area contributed by atoms with Crippen molar-refractivity contribution in [1.82, 2.24) is 14.5 Å². The molecule has 0 atom stereocenters. The molecule has 0 amide bonds. The number of aryl methyl sites for hydroxylation is 2. The van der Waals surface area contributed by atoms with Gasteiger partial charge in [0.05, 0.1) is 11.1 Å². The third-order valence-electron chi connectivity index (χ3n) is 6.56. The second-order valence-corrected chi connectivity index (χ2v) is 8.82. The fraction of sp³-hybridized carbons (Fsp3) is 0.214. The van der Waals surface area contributed by atoms with Crippen LogP contribution in [0.3, 0.4) is 0 Å². The molecule has 4 aromatic rings. The standard InChI is InChI=1S/C28H25N3O3/c1-3-31-15-20(21-8-4-5-9-23(21)31)12-25-27(32)26-18(2)11-24-22(28(26)34-25)16-30(17-33-24)14-19-7-6-10-29-13-19/h4-13,15H,3,14,16-17H2,1-2H3/b25-12-. The second-order valence-electron chi connectivity index (χ2n) is 8.82. The van der Waals surface area contributed by atoms with E-state index in [0.29, 0.717) is 36.9 Å². The van der Waals surface area contributed by atoms with Crippen molar-refractivity contribution in [1.29, 1.82) is 0 Å². The highest BCUT2D eigenvalue weighted by atomic mass is 16.5. The van der Waals surface area contributed by atoms with Gasteiger partial charge in [-0.3, -0.25) is 14.7 Å². The molecular formula is C28H25N3O3. The number of nitrogens with zero attached hydrogens (tertiary/aromatic N) is 3. The highest BCUT2D eigenvalue weighted by Gasteiger charge is 2.35. The number of Topliss-reactive ketones (excluding diaryl/α,β-unsaturated/α-hetero) is 1. The van der Waals surface area contributed by atoms with Gasteiger partial charge in [-0.05, 0) is 49.2 Å². The summed E-state index contributed by atoms with van der Waals surface area (Å²) in [5.74, 6) is 1.69. The summed E-state index contributed by atoms with van der Waals surface area (Å²) >= 11 is 0. The molecular weight excluding hydrogens is 426 g/mol. The molecule has 170 valence electrons. The monoisotopic (exact) mass is 451 g/mol. The lowest BCUT2D eigenvalue weighted by Crippen LogP contribution is -2.31. The predicted molar refractivity (Wildman–Crippen MR) is 131 cm³/mol. The fourth-order valence-corrected chi connectivity index (χ4v) is 4.92. The highest BCUT2D eigenvalue weighted by molar-refractivity contribution is 6.16. The third kappa shape index (κ3) is 3.38. The van der Waals surface area contributed by atoms with Crippen LogP contribution in [-0.4, -0.2) is 27.0 Å². The van der Waals surface area contributed by atoms with Gasteiger partial charge in [-0.1, -0.05) is 24.3 Å². The summed E-state index contributed by atoms with van der Waals surface area (Å²) in [6, 6.07) is 14.2. The summed E-state index contributed by atoms with van der Waals surface area (Å²) in [5, 5.41) is 1.11. The third-order valence-corrected chi connectivity index (χ3v) is 6.56. The molecule has 0 unspecified atom stereocenters. The molecule has 0 bridgehead atoms. The zero-order valence-electron chi connectivity index (χ0n) is 19.2. The zero-order valence-corrected chi connectivity index (χ0v) is 19.2. The minimum Gasteiger partial charge on any atom is -0.478 e. The van der Waals surface area contributed by atoms with Gasteiger partial charge in [-0.15, -0.1) is 0 Å². The molecule has 6 nitrogen and oxygen atoms in total. The van der Waals surface area contributed by atoms with Crippen LogP contribution in [0.5, 0.6) is 11.5 Å². The SMILES string of the molecule is CCn1cc(/C=C2\Oc3c4c(cc(C)c3C2=O)OCN(Cc2cccnc2)C4)c2ccccc21. The Bertz CT molecular complexity index is 1450. The van der Waals surface area contributed by atoms with E-state index in [1.807, 2.05) is 43.5 Å². The van der Waals surface area contributed by atoms with Crippen molar-refractivity contribution in [3.05, 3.63) is 94.6 Å². The Balaban J connectivity index is 1.36. The van der Waals surface area contributed by atoms with Crippen molar-refractivity contribution in [3.8, 4) is 11.5 Å². The van der Waals surface area contributed by atoms with Gasteiger partial charge in [0.25, 0.3) is 0 Å². The molecule has 2 aliphatic rings. The van der Waals surface area contributed by atoms with E-state index in [9.17, 15) is 4.79 Å². The largest absolute Gasteiger partial charge is 0.478 e. The molecule has 0 saturated carbocycles. The topological polar surface area (TPSA) is 56.6 Å². The summed E-state index contributed by atoms with van der Waals surface area (Å²) in [4.78, 5) is 19.8. The van der Waals surface area contributed by atoms with Gasteiger partial charge >= 0.3 is 0 Å². The first-order valence-electron chi connectivity index (χ1n) is 11.5. The number of benzene rings is 2. The number of aromatic nitrogens is 2. The average molecular weight is 452 g/mol. The van der Waals surface area contributed by atoms with Crippen LogP contribution in [0.15, 0.2) is 66.8 Å². The highest BCUT2D eigenvalue weighted by Crippen LogP contribution is 2.44. The Kier molecular flexibility index (Phi) is 4.96. The number of para-hydroxylation sites is 1. The first kappa shape index (κ1) is 20.7. The van der Waals surface area contributed by atoms with E-state index in [1.54, 1.807) is 6.20 Å². The normalized spacial score (nSPS) is 16.4. The van der Waals surface area contributed by atoms with Gasteiger partial charge in [0.1, 0.15) is 18.2 Å². The molecule has 0 saturated heterocycles. The molecule has 6 heteroatoms. The molecule has 0 spiro atoms. The Morgan fingerprint density at radius 1 is 1.18 bits per heavy atom. The Labute approximate surface area is 198 Å². The van der Waals surface area contributed by atoms with Crippen molar-refractivity contribution in [2.75, 3.05) is 6.73 Å². The van der Waals surface area contributed by atoms with Crippen LogP contribution in [0.2, 0.25) is 0 Å². The molecule has 0 radical (unpaired) electrons. The number of carbonyl (C=O) groups excluding carboxylic acids is 1. The van der Waals surface area contributed by atoms with E-state index in [4.69, 9.17) is 9.47 Å². The first-order valence-corrected chi connectivity index (χ1v) is 11.5. The first-order chi connectivity index (χ1) is 16.6. The molecule has 0 aliphatic carbocycles. The summed E-state index contributed by atoms with van der Waals surface area (Å²) in [5.41, 5.74) is 5.67. The number of fused-ring (bicyclic) bond motifs is 4. The molecule has 0 N–H and O–H groups in total. The molecule has 2 aromatic heterocycles. The van der Waals surface area contributed by atoms with Crippen LogP contribution < -0.4 is 9.47 Å². The maximum atomic E-state index is 13.4. The van der Waals surface area contributed by atoms with Gasteiger partial charge < -0.3 is 14.0 Å². The van der Waals surface area contributed by atoms with E-state index < -0.39 is 0 Å². The van der Waals surface area contributed by atoms with E-state index in [0.717, 1.165) is 45.5 Å². The van der Waals surface area contributed by atoms with Crippen LogP contribution in [-0.2, 0) is 19.6 Å². The predicted octanol–water partition coefficient (Wildman–Crippen LogP) is 5.33. The Morgan fingerprint density at radius 3 is 2.88 bits per heavy atom. The van der Waals surface area contributed by atoms with E-state index in [-0.39, 0.29) is 5.78 Å². The number of carbonyl (C=O) groups is 1. The maximum absolute atomic E-state index is 13.4.